The number of carbonyl (C=O) groups is 1. The molecular weight excluding hydrogens is 196 g/mol. The molecule has 1 rings (SSSR count). The van der Waals surface area contributed by atoms with Gasteiger partial charge in [0.1, 0.15) is 0 Å². The van der Waals surface area contributed by atoms with Crippen molar-refractivity contribution in [3.05, 3.63) is 30.3 Å². The van der Waals surface area contributed by atoms with Gasteiger partial charge in [-0.2, -0.15) is 0 Å². The van der Waals surface area contributed by atoms with Crippen LogP contribution < -0.4 is 5.32 Å². The summed E-state index contributed by atoms with van der Waals surface area (Å²) in [5, 5.41) is 10.4. The van der Waals surface area contributed by atoms with E-state index in [2.05, 4.69) is 5.32 Å². The maximum Gasteiger partial charge on any atom is 0.230 e. The van der Waals surface area contributed by atoms with Gasteiger partial charge in [0.2, 0.25) is 5.91 Å². The summed E-state index contributed by atoms with van der Waals surface area (Å²) < 4.78 is 0. The van der Waals surface area contributed by atoms with E-state index in [0.717, 1.165) is 5.69 Å². The molecule has 0 atom stereocenters. The van der Waals surface area contributed by atoms with Crippen LogP contribution in [0.4, 0.5) is 5.69 Å². The van der Waals surface area contributed by atoms with Gasteiger partial charge >= 0.3 is 0 Å². The van der Waals surface area contributed by atoms with Crippen molar-refractivity contribution in [3.8, 4) is 0 Å². The maximum absolute atomic E-state index is 11.3. The molecule has 0 aliphatic carbocycles. The number of para-hydroxylation sites is 1. The molecule has 1 aromatic rings. The Bertz CT molecular complexity index is 324. The van der Waals surface area contributed by atoms with Gasteiger partial charge in [0.25, 0.3) is 0 Å². The summed E-state index contributed by atoms with van der Waals surface area (Å²) in [7, 11) is 0. The molecule has 0 radical (unpaired) electrons. The second-order valence-corrected chi connectivity index (χ2v) is 3.62. The lowest BCUT2D eigenvalue weighted by atomic mass is 10.3. The van der Waals surface area contributed by atoms with Crippen LogP contribution in [0.25, 0.3) is 0 Å². The molecule has 0 spiro atoms. The Kier molecular flexibility index (Phi) is 4.19. The first-order valence-electron chi connectivity index (χ1n) is 4.18. The van der Waals surface area contributed by atoms with Crippen LogP contribution in [0.2, 0.25) is 0 Å². The average molecular weight is 208 g/mol. The number of anilines is 1. The van der Waals surface area contributed by atoms with E-state index in [-0.39, 0.29) is 12.3 Å². The van der Waals surface area contributed by atoms with Crippen LogP contribution in [0.5, 0.6) is 0 Å². The third-order valence-corrected chi connectivity index (χ3v) is 2.26. The standard InChI is InChI=1S/C10H12N2OS/c1-14-9(11)7-10(13)12-8-5-3-2-4-6-8/h2-6,11H,7H2,1H3,(H,12,13). The van der Waals surface area contributed by atoms with Crippen molar-refractivity contribution in [2.75, 3.05) is 11.6 Å². The first kappa shape index (κ1) is 10.8. The maximum atomic E-state index is 11.3. The number of nitrogens with one attached hydrogen (secondary N) is 2. The first-order valence-corrected chi connectivity index (χ1v) is 5.41. The Morgan fingerprint density at radius 1 is 1.43 bits per heavy atom. The zero-order valence-corrected chi connectivity index (χ0v) is 8.73. The summed E-state index contributed by atoms with van der Waals surface area (Å²) in [6.45, 7) is 0. The van der Waals surface area contributed by atoms with Crippen LogP contribution in [0.1, 0.15) is 6.42 Å². The normalized spacial score (nSPS) is 9.50. The number of rotatable bonds is 3. The van der Waals surface area contributed by atoms with E-state index in [9.17, 15) is 4.79 Å². The summed E-state index contributed by atoms with van der Waals surface area (Å²) >= 11 is 1.29. The van der Waals surface area contributed by atoms with E-state index in [4.69, 9.17) is 5.41 Å². The number of hydrogen-bond acceptors (Lipinski definition) is 3. The monoisotopic (exact) mass is 208 g/mol. The minimum absolute atomic E-state index is 0.143. The minimum Gasteiger partial charge on any atom is -0.326 e. The van der Waals surface area contributed by atoms with Crippen molar-refractivity contribution in [1.29, 1.82) is 5.41 Å². The molecule has 1 aromatic carbocycles. The lowest BCUT2D eigenvalue weighted by molar-refractivity contribution is -0.115. The van der Waals surface area contributed by atoms with Crippen molar-refractivity contribution in [2.24, 2.45) is 0 Å². The molecular formula is C10H12N2OS. The summed E-state index contributed by atoms with van der Waals surface area (Å²) in [5.74, 6) is -0.143. The fourth-order valence-electron chi connectivity index (χ4n) is 0.945. The highest BCUT2D eigenvalue weighted by atomic mass is 32.2. The second kappa shape index (κ2) is 5.44. The molecule has 0 saturated heterocycles. The summed E-state index contributed by atoms with van der Waals surface area (Å²) in [6, 6.07) is 9.24. The number of thioether (sulfide) groups is 1. The molecule has 0 aliphatic rings. The largest absolute Gasteiger partial charge is 0.326 e. The Hall–Kier alpha value is -1.29. The van der Waals surface area contributed by atoms with Gasteiger partial charge < -0.3 is 5.32 Å². The van der Waals surface area contributed by atoms with Gasteiger partial charge in [-0.1, -0.05) is 18.2 Å². The van der Waals surface area contributed by atoms with E-state index < -0.39 is 0 Å². The summed E-state index contributed by atoms with van der Waals surface area (Å²) in [4.78, 5) is 11.3. The third kappa shape index (κ3) is 3.62. The lowest BCUT2D eigenvalue weighted by Crippen LogP contribution is -2.14. The van der Waals surface area contributed by atoms with Gasteiger partial charge in [-0.3, -0.25) is 10.2 Å². The molecule has 0 bridgehead atoms. The van der Waals surface area contributed by atoms with E-state index in [1.807, 2.05) is 30.3 Å². The van der Waals surface area contributed by atoms with Crippen molar-refractivity contribution in [1.82, 2.24) is 0 Å². The molecule has 0 aliphatic heterocycles. The van der Waals surface area contributed by atoms with Crippen LogP contribution >= 0.6 is 11.8 Å². The topological polar surface area (TPSA) is 53.0 Å². The molecule has 4 heteroatoms. The molecule has 74 valence electrons. The van der Waals surface area contributed by atoms with Crippen LogP contribution in [-0.4, -0.2) is 17.2 Å². The molecule has 0 fully saturated rings. The Morgan fingerprint density at radius 3 is 2.64 bits per heavy atom. The van der Waals surface area contributed by atoms with Gasteiger partial charge in [0.05, 0.1) is 11.5 Å². The zero-order valence-electron chi connectivity index (χ0n) is 7.91. The molecule has 1 amide bonds. The second-order valence-electron chi connectivity index (χ2n) is 2.72. The van der Waals surface area contributed by atoms with E-state index in [0.29, 0.717) is 5.04 Å². The third-order valence-electron chi connectivity index (χ3n) is 1.63. The minimum atomic E-state index is -0.143. The van der Waals surface area contributed by atoms with E-state index in [1.165, 1.54) is 11.8 Å². The van der Waals surface area contributed by atoms with E-state index in [1.54, 1.807) is 6.26 Å². The fraction of sp³-hybridized carbons (Fsp3) is 0.200. The number of carbonyl (C=O) groups excluding carboxylic acids is 1. The lowest BCUT2D eigenvalue weighted by Gasteiger charge is -2.03. The number of hydrogen-bond donors (Lipinski definition) is 2. The number of benzene rings is 1. The predicted molar refractivity (Wildman–Crippen MR) is 60.9 cm³/mol. The van der Waals surface area contributed by atoms with Crippen LogP contribution in [0.3, 0.4) is 0 Å². The highest BCUT2D eigenvalue weighted by molar-refractivity contribution is 8.13. The van der Waals surface area contributed by atoms with Crippen molar-refractivity contribution < 1.29 is 4.79 Å². The molecule has 2 N–H and O–H groups in total. The molecule has 14 heavy (non-hydrogen) atoms. The average Bonchev–Trinajstić information content (AvgIpc) is 2.19. The van der Waals surface area contributed by atoms with Crippen molar-refractivity contribution in [3.63, 3.8) is 0 Å². The SMILES string of the molecule is CSC(=N)CC(=O)Nc1ccccc1. The Balaban J connectivity index is 2.46. The summed E-state index contributed by atoms with van der Waals surface area (Å²) in [6.07, 6.45) is 1.94. The van der Waals surface area contributed by atoms with E-state index >= 15 is 0 Å². The summed E-state index contributed by atoms with van der Waals surface area (Å²) in [5.41, 5.74) is 0.770. The molecule has 0 heterocycles. The van der Waals surface area contributed by atoms with Crippen molar-refractivity contribution in [2.45, 2.75) is 6.42 Å². The van der Waals surface area contributed by atoms with Crippen LogP contribution in [-0.2, 0) is 4.79 Å². The molecule has 0 saturated carbocycles. The highest BCUT2D eigenvalue weighted by Gasteiger charge is 2.04. The highest BCUT2D eigenvalue weighted by Crippen LogP contribution is 2.07. The number of amides is 1. The Labute approximate surface area is 87.4 Å². The smallest absolute Gasteiger partial charge is 0.230 e. The van der Waals surface area contributed by atoms with Crippen LogP contribution in [0, 0.1) is 5.41 Å². The molecule has 3 nitrogen and oxygen atoms in total. The Morgan fingerprint density at radius 2 is 2.07 bits per heavy atom. The van der Waals surface area contributed by atoms with Gasteiger partial charge in [-0.25, -0.2) is 0 Å². The quantitative estimate of drug-likeness (QED) is 0.591. The van der Waals surface area contributed by atoms with Gasteiger partial charge in [0, 0.05) is 5.69 Å². The fourth-order valence-corrected chi connectivity index (χ4v) is 1.22. The van der Waals surface area contributed by atoms with Crippen LogP contribution in [0.15, 0.2) is 30.3 Å². The molecule has 0 unspecified atom stereocenters. The van der Waals surface area contributed by atoms with Gasteiger partial charge in [0.15, 0.2) is 0 Å². The van der Waals surface area contributed by atoms with Gasteiger partial charge in [-0.05, 0) is 18.4 Å². The van der Waals surface area contributed by atoms with Gasteiger partial charge in [-0.15, -0.1) is 11.8 Å². The first-order chi connectivity index (χ1) is 6.72. The van der Waals surface area contributed by atoms with Crippen molar-refractivity contribution >= 4 is 28.4 Å². The predicted octanol–water partition coefficient (Wildman–Crippen LogP) is 2.36. The zero-order chi connectivity index (χ0) is 10.4. The molecule has 0 aromatic heterocycles.